The molecule has 1 aromatic rings. The monoisotopic (exact) mass is 271 g/mol. The summed E-state index contributed by atoms with van der Waals surface area (Å²) in [6.45, 7) is 2.82. The van der Waals surface area contributed by atoms with E-state index in [1.807, 2.05) is 11.8 Å². The number of hydrogen-bond acceptors (Lipinski definition) is 3. The Morgan fingerprint density at radius 3 is 3.06 bits per heavy atom. The predicted octanol–water partition coefficient (Wildman–Crippen LogP) is 2.97. The van der Waals surface area contributed by atoms with Gasteiger partial charge in [0.2, 0.25) is 0 Å². The lowest BCUT2D eigenvalue weighted by molar-refractivity contribution is 0.408. The van der Waals surface area contributed by atoms with Crippen LogP contribution in [0.25, 0.3) is 0 Å². The largest absolute Gasteiger partial charge is 0.351 e. The topological polar surface area (TPSA) is 42.1 Å². The number of rotatable bonds is 3. The van der Waals surface area contributed by atoms with Crippen molar-refractivity contribution in [2.24, 2.45) is 5.73 Å². The molecule has 0 radical (unpaired) electrons. The van der Waals surface area contributed by atoms with Crippen molar-refractivity contribution in [1.29, 1.82) is 0 Å². The third kappa shape index (κ3) is 3.12. The van der Waals surface area contributed by atoms with E-state index in [2.05, 4.69) is 4.98 Å². The minimum absolute atomic E-state index is 0.117. The number of halogens is 2. The van der Waals surface area contributed by atoms with E-state index in [4.69, 9.17) is 17.3 Å². The molecule has 1 fully saturated rings. The van der Waals surface area contributed by atoms with Gasteiger partial charge in [-0.2, -0.15) is 0 Å². The number of nitrogens with zero attached hydrogens (tertiary/aromatic N) is 2. The molecule has 1 saturated heterocycles. The lowest BCUT2D eigenvalue weighted by atomic mass is 9.96. The Morgan fingerprint density at radius 1 is 1.61 bits per heavy atom. The van der Waals surface area contributed by atoms with Gasteiger partial charge >= 0.3 is 0 Å². The number of anilines is 1. The summed E-state index contributed by atoms with van der Waals surface area (Å²) in [6.07, 6.45) is 5.65. The number of aromatic nitrogens is 1. The molecule has 0 saturated carbocycles. The third-order valence-corrected chi connectivity index (χ3v) is 3.54. The Hall–Kier alpha value is -0.870. The van der Waals surface area contributed by atoms with Crippen LogP contribution in [0.1, 0.15) is 32.6 Å². The summed E-state index contributed by atoms with van der Waals surface area (Å²) in [6, 6.07) is 1.72. The van der Waals surface area contributed by atoms with Crippen molar-refractivity contribution in [3.05, 3.63) is 23.1 Å². The zero-order valence-corrected chi connectivity index (χ0v) is 11.3. The van der Waals surface area contributed by atoms with E-state index in [-0.39, 0.29) is 17.9 Å². The highest BCUT2D eigenvalue weighted by molar-refractivity contribution is 6.30. The van der Waals surface area contributed by atoms with Crippen molar-refractivity contribution in [1.82, 2.24) is 4.98 Å². The number of pyridine rings is 1. The van der Waals surface area contributed by atoms with Crippen LogP contribution in [0, 0.1) is 5.82 Å². The Balaban J connectivity index is 2.22. The van der Waals surface area contributed by atoms with E-state index in [1.54, 1.807) is 0 Å². The molecule has 5 heteroatoms. The highest BCUT2D eigenvalue weighted by Gasteiger charge is 2.26. The molecule has 3 nitrogen and oxygen atoms in total. The van der Waals surface area contributed by atoms with Crippen molar-refractivity contribution in [2.75, 3.05) is 11.4 Å². The van der Waals surface area contributed by atoms with Crippen LogP contribution in [0.15, 0.2) is 12.3 Å². The van der Waals surface area contributed by atoms with Gasteiger partial charge in [0.15, 0.2) is 11.6 Å². The Morgan fingerprint density at radius 2 is 2.39 bits per heavy atom. The van der Waals surface area contributed by atoms with E-state index in [0.29, 0.717) is 10.8 Å². The molecule has 100 valence electrons. The highest BCUT2D eigenvalue weighted by Crippen LogP contribution is 2.28. The first-order valence-electron chi connectivity index (χ1n) is 6.41. The normalized spacial score (nSPS) is 22.0. The van der Waals surface area contributed by atoms with Crippen LogP contribution in [0.3, 0.4) is 0 Å². The van der Waals surface area contributed by atoms with Crippen LogP contribution < -0.4 is 10.6 Å². The fraction of sp³-hybridized carbons (Fsp3) is 0.615. The van der Waals surface area contributed by atoms with Crippen LogP contribution >= 0.6 is 11.6 Å². The van der Waals surface area contributed by atoms with Crippen LogP contribution in [-0.2, 0) is 0 Å². The number of nitrogens with two attached hydrogens (primary N) is 1. The predicted molar refractivity (Wildman–Crippen MR) is 72.5 cm³/mol. The Bertz CT molecular complexity index is 411. The average Bonchev–Trinajstić information content (AvgIpc) is 2.30. The van der Waals surface area contributed by atoms with Gasteiger partial charge < -0.3 is 10.6 Å². The third-order valence-electron chi connectivity index (χ3n) is 3.33. The lowest BCUT2D eigenvalue weighted by Gasteiger charge is -2.37. The Labute approximate surface area is 112 Å². The maximum Gasteiger partial charge on any atom is 0.167 e. The van der Waals surface area contributed by atoms with E-state index < -0.39 is 0 Å². The first-order valence-corrected chi connectivity index (χ1v) is 6.79. The molecular weight excluding hydrogens is 253 g/mol. The first-order chi connectivity index (χ1) is 8.58. The van der Waals surface area contributed by atoms with Crippen molar-refractivity contribution in [3.63, 3.8) is 0 Å². The zero-order valence-electron chi connectivity index (χ0n) is 10.6. The Kier molecular flexibility index (Phi) is 4.40. The summed E-state index contributed by atoms with van der Waals surface area (Å²) in [7, 11) is 0. The molecule has 2 rings (SSSR count). The molecular formula is C13H19ClFN3. The summed E-state index contributed by atoms with van der Waals surface area (Å²) in [5.74, 6) is 0.0591. The number of hydrogen-bond donors (Lipinski definition) is 1. The molecule has 0 aromatic carbocycles. The summed E-state index contributed by atoms with van der Waals surface area (Å²) in [5, 5.41) is 0.331. The van der Waals surface area contributed by atoms with Gasteiger partial charge in [-0.15, -0.1) is 0 Å². The zero-order chi connectivity index (χ0) is 13.1. The number of piperidine rings is 1. The standard InChI is InChI=1S/C13H19ClFN3/c1-9(16)6-11-4-2-3-5-18(11)13-12(15)7-10(14)8-17-13/h7-9,11H,2-6,16H2,1H3. The first kappa shape index (κ1) is 13.6. The molecule has 1 aliphatic heterocycles. The molecule has 2 heterocycles. The van der Waals surface area contributed by atoms with Gasteiger partial charge in [-0.3, -0.25) is 0 Å². The maximum absolute atomic E-state index is 13.9. The minimum Gasteiger partial charge on any atom is -0.351 e. The van der Waals surface area contributed by atoms with Crippen LogP contribution in [-0.4, -0.2) is 23.6 Å². The SMILES string of the molecule is CC(N)CC1CCCCN1c1ncc(Cl)cc1F. The fourth-order valence-corrected chi connectivity index (χ4v) is 2.72. The molecule has 0 aliphatic carbocycles. The summed E-state index contributed by atoms with van der Waals surface area (Å²) < 4.78 is 13.9. The van der Waals surface area contributed by atoms with Crippen molar-refractivity contribution in [3.8, 4) is 0 Å². The van der Waals surface area contributed by atoms with Crippen LogP contribution in [0.4, 0.5) is 10.2 Å². The second-order valence-electron chi connectivity index (χ2n) is 5.01. The van der Waals surface area contributed by atoms with Crippen LogP contribution in [0.5, 0.6) is 0 Å². The summed E-state index contributed by atoms with van der Waals surface area (Å²) in [5.41, 5.74) is 5.86. The summed E-state index contributed by atoms with van der Waals surface area (Å²) >= 11 is 5.74. The van der Waals surface area contributed by atoms with E-state index in [9.17, 15) is 4.39 Å². The molecule has 18 heavy (non-hydrogen) atoms. The van der Waals surface area contributed by atoms with Gasteiger partial charge in [0.1, 0.15) is 0 Å². The molecule has 2 atom stereocenters. The van der Waals surface area contributed by atoms with E-state index in [0.717, 1.165) is 25.8 Å². The smallest absolute Gasteiger partial charge is 0.167 e. The molecule has 0 amide bonds. The van der Waals surface area contributed by atoms with E-state index in [1.165, 1.54) is 18.7 Å². The van der Waals surface area contributed by atoms with Gasteiger partial charge in [-0.1, -0.05) is 11.6 Å². The molecule has 0 bridgehead atoms. The minimum atomic E-state index is -0.348. The van der Waals surface area contributed by atoms with E-state index >= 15 is 0 Å². The molecule has 1 aliphatic rings. The van der Waals surface area contributed by atoms with Crippen molar-refractivity contribution < 1.29 is 4.39 Å². The average molecular weight is 272 g/mol. The maximum atomic E-state index is 13.9. The van der Waals surface area contributed by atoms with Gasteiger partial charge in [-0.25, -0.2) is 9.37 Å². The van der Waals surface area contributed by atoms with Gasteiger partial charge in [0.05, 0.1) is 5.02 Å². The molecule has 0 spiro atoms. The van der Waals surface area contributed by atoms with Gasteiger partial charge in [0, 0.05) is 24.8 Å². The molecule has 2 N–H and O–H groups in total. The summed E-state index contributed by atoms with van der Waals surface area (Å²) in [4.78, 5) is 6.18. The highest BCUT2D eigenvalue weighted by atomic mass is 35.5. The van der Waals surface area contributed by atoms with Crippen molar-refractivity contribution >= 4 is 17.4 Å². The second-order valence-corrected chi connectivity index (χ2v) is 5.45. The molecule has 2 unspecified atom stereocenters. The molecule has 1 aromatic heterocycles. The van der Waals surface area contributed by atoms with Crippen LogP contribution in [0.2, 0.25) is 5.02 Å². The van der Waals surface area contributed by atoms with Crippen molar-refractivity contribution in [2.45, 2.75) is 44.7 Å². The van der Waals surface area contributed by atoms with Gasteiger partial charge in [0.25, 0.3) is 0 Å². The fourth-order valence-electron chi connectivity index (χ4n) is 2.57. The second kappa shape index (κ2) is 5.85. The lowest BCUT2D eigenvalue weighted by Crippen LogP contribution is -2.43. The van der Waals surface area contributed by atoms with Gasteiger partial charge in [-0.05, 0) is 38.7 Å². The quantitative estimate of drug-likeness (QED) is 0.919.